The summed E-state index contributed by atoms with van der Waals surface area (Å²) in [5, 5.41) is 16.2. The summed E-state index contributed by atoms with van der Waals surface area (Å²) in [6.45, 7) is 4.88. The third kappa shape index (κ3) is 3.32. The second-order valence-corrected chi connectivity index (χ2v) is 6.32. The highest BCUT2D eigenvalue weighted by molar-refractivity contribution is 6.13. The lowest BCUT2D eigenvalue weighted by molar-refractivity contribution is 0.0937. The molecule has 0 atom stereocenters. The largest absolute Gasteiger partial charge is 0.383 e. The van der Waals surface area contributed by atoms with Gasteiger partial charge in [0.1, 0.15) is 0 Å². The lowest BCUT2D eigenvalue weighted by Crippen LogP contribution is -2.28. The van der Waals surface area contributed by atoms with Crippen LogP contribution in [-0.2, 0) is 4.74 Å². The van der Waals surface area contributed by atoms with Crippen molar-refractivity contribution in [3.05, 3.63) is 35.5 Å². The predicted molar refractivity (Wildman–Crippen MR) is 101 cm³/mol. The van der Waals surface area contributed by atoms with Gasteiger partial charge in [0.15, 0.2) is 0 Å². The first-order valence-corrected chi connectivity index (χ1v) is 8.43. The number of rotatable bonds is 6. The SMILES string of the molecule is COCCNC(=O)c1cnc2c([nH]c3cc(C#N)ccc32)c1NC(C)C. The maximum Gasteiger partial charge on any atom is 0.255 e. The number of aromatic amines is 1. The molecule has 1 amide bonds. The van der Waals surface area contributed by atoms with Gasteiger partial charge in [-0.15, -0.1) is 0 Å². The first-order chi connectivity index (χ1) is 12.5. The summed E-state index contributed by atoms with van der Waals surface area (Å²) in [7, 11) is 1.59. The highest BCUT2D eigenvalue weighted by Crippen LogP contribution is 2.32. The Labute approximate surface area is 151 Å². The van der Waals surface area contributed by atoms with Gasteiger partial charge in [-0.05, 0) is 32.0 Å². The van der Waals surface area contributed by atoms with E-state index in [4.69, 9.17) is 10.00 Å². The molecule has 134 valence electrons. The summed E-state index contributed by atoms with van der Waals surface area (Å²) in [5.41, 5.74) is 4.07. The summed E-state index contributed by atoms with van der Waals surface area (Å²) in [5.74, 6) is -0.212. The van der Waals surface area contributed by atoms with Gasteiger partial charge in [-0.3, -0.25) is 9.78 Å². The average Bonchev–Trinajstić information content (AvgIpc) is 2.99. The van der Waals surface area contributed by atoms with Gasteiger partial charge in [0.2, 0.25) is 0 Å². The number of carbonyl (C=O) groups excluding carboxylic acids is 1. The third-order valence-electron chi connectivity index (χ3n) is 4.01. The fourth-order valence-electron chi connectivity index (χ4n) is 2.87. The summed E-state index contributed by atoms with van der Waals surface area (Å²) in [4.78, 5) is 20.4. The average molecular weight is 351 g/mol. The molecular weight excluding hydrogens is 330 g/mol. The Hall–Kier alpha value is -3.11. The number of hydrogen-bond acceptors (Lipinski definition) is 5. The van der Waals surface area contributed by atoms with Crippen molar-refractivity contribution in [3.8, 4) is 6.07 Å². The number of aromatic nitrogens is 2. The monoisotopic (exact) mass is 351 g/mol. The van der Waals surface area contributed by atoms with Crippen LogP contribution in [-0.4, -0.2) is 42.2 Å². The van der Waals surface area contributed by atoms with Gasteiger partial charge >= 0.3 is 0 Å². The Morgan fingerprint density at radius 2 is 2.23 bits per heavy atom. The van der Waals surface area contributed by atoms with Gasteiger partial charge in [0.05, 0.1) is 40.5 Å². The first kappa shape index (κ1) is 17.7. The zero-order valence-corrected chi connectivity index (χ0v) is 15.0. The molecule has 7 nitrogen and oxygen atoms in total. The highest BCUT2D eigenvalue weighted by Gasteiger charge is 2.19. The standard InChI is InChI=1S/C19H21N5O2/c1-11(2)23-17-14(19(25)21-6-7-26-3)10-22-16-13-5-4-12(9-20)8-15(13)24-18(16)17/h4-5,8,10-11,24H,6-7H2,1-3H3,(H,21,25)(H,22,23). The number of fused-ring (bicyclic) bond motifs is 3. The minimum Gasteiger partial charge on any atom is -0.383 e. The van der Waals surface area contributed by atoms with E-state index in [0.717, 1.165) is 21.9 Å². The maximum absolute atomic E-state index is 12.6. The van der Waals surface area contributed by atoms with Gasteiger partial charge in [0.25, 0.3) is 5.91 Å². The molecule has 0 fully saturated rings. The molecule has 1 aromatic carbocycles. The van der Waals surface area contributed by atoms with Crippen LogP contribution in [0.1, 0.15) is 29.8 Å². The van der Waals surface area contributed by atoms with E-state index in [1.807, 2.05) is 19.9 Å². The van der Waals surface area contributed by atoms with Crippen molar-refractivity contribution in [2.75, 3.05) is 25.6 Å². The molecule has 0 aliphatic heterocycles. The smallest absolute Gasteiger partial charge is 0.255 e. The van der Waals surface area contributed by atoms with E-state index >= 15 is 0 Å². The number of anilines is 1. The van der Waals surface area contributed by atoms with Crippen molar-refractivity contribution in [2.24, 2.45) is 0 Å². The van der Waals surface area contributed by atoms with Gasteiger partial charge in [-0.1, -0.05) is 0 Å². The topological polar surface area (TPSA) is 103 Å². The van der Waals surface area contributed by atoms with Crippen LogP contribution >= 0.6 is 0 Å². The van der Waals surface area contributed by atoms with E-state index in [0.29, 0.717) is 30.0 Å². The second-order valence-electron chi connectivity index (χ2n) is 6.32. The van der Waals surface area contributed by atoms with Crippen molar-refractivity contribution in [2.45, 2.75) is 19.9 Å². The second kappa shape index (κ2) is 7.42. The Morgan fingerprint density at radius 1 is 1.42 bits per heavy atom. The van der Waals surface area contributed by atoms with Crippen LogP contribution in [0.4, 0.5) is 5.69 Å². The van der Waals surface area contributed by atoms with Crippen molar-refractivity contribution in [3.63, 3.8) is 0 Å². The molecule has 3 aromatic rings. The molecule has 3 rings (SSSR count). The fourth-order valence-corrected chi connectivity index (χ4v) is 2.87. The number of nitriles is 1. The van der Waals surface area contributed by atoms with E-state index in [1.165, 1.54) is 0 Å². The van der Waals surface area contributed by atoms with E-state index in [2.05, 4.69) is 26.7 Å². The lowest BCUT2D eigenvalue weighted by atomic mass is 10.1. The predicted octanol–water partition coefficient (Wildman–Crippen LogP) is 2.78. The number of pyridine rings is 1. The minimum atomic E-state index is -0.212. The normalized spacial score (nSPS) is 11.0. The quantitative estimate of drug-likeness (QED) is 0.593. The van der Waals surface area contributed by atoms with Gasteiger partial charge in [0, 0.05) is 36.8 Å². The number of hydrogen-bond donors (Lipinski definition) is 3. The van der Waals surface area contributed by atoms with Crippen LogP contribution in [0.2, 0.25) is 0 Å². The highest BCUT2D eigenvalue weighted by atomic mass is 16.5. The minimum absolute atomic E-state index is 0.132. The zero-order chi connectivity index (χ0) is 18.7. The van der Waals surface area contributed by atoms with Crippen LogP contribution in [0.25, 0.3) is 21.9 Å². The van der Waals surface area contributed by atoms with Crippen molar-refractivity contribution in [1.82, 2.24) is 15.3 Å². The van der Waals surface area contributed by atoms with E-state index in [1.54, 1.807) is 25.4 Å². The molecule has 0 saturated carbocycles. The number of nitrogens with one attached hydrogen (secondary N) is 3. The number of benzene rings is 1. The first-order valence-electron chi connectivity index (χ1n) is 8.43. The molecule has 26 heavy (non-hydrogen) atoms. The maximum atomic E-state index is 12.6. The molecule has 7 heteroatoms. The molecule has 0 saturated heterocycles. The van der Waals surface area contributed by atoms with Crippen molar-refractivity contribution in [1.29, 1.82) is 5.26 Å². The van der Waals surface area contributed by atoms with Crippen LogP contribution in [0.3, 0.4) is 0 Å². The van der Waals surface area contributed by atoms with Crippen LogP contribution in [0.5, 0.6) is 0 Å². The number of methoxy groups -OCH3 is 1. The van der Waals surface area contributed by atoms with E-state index in [-0.39, 0.29) is 11.9 Å². The summed E-state index contributed by atoms with van der Waals surface area (Å²) >= 11 is 0. The third-order valence-corrected chi connectivity index (χ3v) is 4.01. The Bertz CT molecular complexity index is 1000. The summed E-state index contributed by atoms with van der Waals surface area (Å²) in [6.07, 6.45) is 1.58. The Morgan fingerprint density at radius 3 is 2.92 bits per heavy atom. The van der Waals surface area contributed by atoms with Crippen LogP contribution in [0.15, 0.2) is 24.4 Å². The van der Waals surface area contributed by atoms with E-state index < -0.39 is 0 Å². The molecule has 2 aromatic heterocycles. The number of nitrogens with zero attached hydrogens (tertiary/aromatic N) is 2. The number of amides is 1. The van der Waals surface area contributed by atoms with Gasteiger partial charge in [-0.2, -0.15) is 5.26 Å². The van der Waals surface area contributed by atoms with Crippen molar-refractivity contribution < 1.29 is 9.53 Å². The molecular formula is C19H21N5O2. The van der Waals surface area contributed by atoms with E-state index in [9.17, 15) is 4.79 Å². The molecule has 3 N–H and O–H groups in total. The Balaban J connectivity index is 2.15. The zero-order valence-electron chi connectivity index (χ0n) is 15.0. The lowest BCUT2D eigenvalue weighted by Gasteiger charge is -2.15. The fraction of sp³-hybridized carbons (Fsp3) is 0.316. The number of carbonyl (C=O) groups is 1. The van der Waals surface area contributed by atoms with Crippen LogP contribution < -0.4 is 10.6 Å². The molecule has 0 radical (unpaired) electrons. The summed E-state index contributed by atoms with van der Waals surface area (Å²) in [6, 6.07) is 7.69. The van der Waals surface area contributed by atoms with Gasteiger partial charge in [-0.25, -0.2) is 0 Å². The molecule has 0 aliphatic carbocycles. The molecule has 2 heterocycles. The van der Waals surface area contributed by atoms with Crippen molar-refractivity contribution >= 4 is 33.5 Å². The molecule has 0 bridgehead atoms. The molecule has 0 unspecified atom stereocenters. The van der Waals surface area contributed by atoms with Gasteiger partial charge < -0.3 is 20.4 Å². The summed E-state index contributed by atoms with van der Waals surface area (Å²) < 4.78 is 4.98. The molecule has 0 spiro atoms. The number of ether oxygens (including phenoxy) is 1. The molecule has 0 aliphatic rings. The Kier molecular flexibility index (Phi) is 5.05. The van der Waals surface area contributed by atoms with Crippen LogP contribution in [0, 0.1) is 11.3 Å². The number of H-pyrrole nitrogens is 1.